The summed E-state index contributed by atoms with van der Waals surface area (Å²) in [6.45, 7) is 0.572. The second-order valence-electron chi connectivity index (χ2n) is 10.6. The van der Waals surface area contributed by atoms with Gasteiger partial charge in [0.1, 0.15) is 29.6 Å². The number of piperazine rings is 1. The van der Waals surface area contributed by atoms with Crippen LogP contribution < -0.4 is 5.32 Å². The van der Waals surface area contributed by atoms with Crippen molar-refractivity contribution < 1.29 is 33.0 Å². The number of phenols is 1. The molecule has 0 bridgehead atoms. The fourth-order valence-corrected chi connectivity index (χ4v) is 5.41. The molecule has 2 aliphatic rings. The molecule has 0 saturated carbocycles. The van der Waals surface area contributed by atoms with E-state index in [-0.39, 0.29) is 75.0 Å². The first kappa shape index (κ1) is 29.9. The molecule has 2 fully saturated rings. The number of ether oxygens (including phenoxy) is 1. The second kappa shape index (κ2) is 13.2. The molecule has 0 aliphatic carbocycles. The van der Waals surface area contributed by atoms with Crippen LogP contribution in [0.25, 0.3) is 0 Å². The third kappa shape index (κ3) is 7.09. The highest BCUT2D eigenvalue weighted by Gasteiger charge is 2.50. The Kier molecular flexibility index (Phi) is 9.17. The van der Waals surface area contributed by atoms with Crippen molar-refractivity contribution in [1.82, 2.24) is 25.1 Å². The summed E-state index contributed by atoms with van der Waals surface area (Å²) in [4.78, 5) is 43.8. The molecule has 2 N–H and O–H groups in total. The van der Waals surface area contributed by atoms with Crippen LogP contribution in [0.4, 0.5) is 13.6 Å². The lowest BCUT2D eigenvalue weighted by atomic mass is 9.98. The van der Waals surface area contributed by atoms with E-state index in [1.807, 2.05) is 0 Å². The van der Waals surface area contributed by atoms with Crippen molar-refractivity contribution in [1.29, 1.82) is 0 Å². The Morgan fingerprint density at radius 2 is 1.70 bits per heavy atom. The van der Waals surface area contributed by atoms with E-state index in [1.165, 1.54) is 51.3 Å². The number of carbonyl (C=O) groups is 3. The van der Waals surface area contributed by atoms with Crippen LogP contribution in [0.1, 0.15) is 16.7 Å². The Hall–Kier alpha value is -4.55. The molecular formula is C31H33F2N5O5. The number of carbonyl (C=O) groups excluding carboxylic acids is 3. The number of hydrogen-bond acceptors (Lipinski definition) is 6. The van der Waals surface area contributed by atoms with Crippen LogP contribution in [0, 0.1) is 11.6 Å². The topological polar surface area (TPSA) is 106 Å². The number of halogens is 2. The minimum atomic E-state index is -0.903. The van der Waals surface area contributed by atoms with Gasteiger partial charge in [0, 0.05) is 26.6 Å². The van der Waals surface area contributed by atoms with Crippen molar-refractivity contribution in [2.45, 2.75) is 31.8 Å². The molecule has 2 heterocycles. The van der Waals surface area contributed by atoms with Gasteiger partial charge in [0.25, 0.3) is 0 Å². The monoisotopic (exact) mass is 593 g/mol. The molecule has 5 rings (SSSR count). The lowest BCUT2D eigenvalue weighted by Crippen LogP contribution is -2.76. The van der Waals surface area contributed by atoms with Gasteiger partial charge < -0.3 is 25.0 Å². The summed E-state index contributed by atoms with van der Waals surface area (Å²) in [6, 6.07) is 16.8. The number of urea groups is 1. The zero-order valence-electron chi connectivity index (χ0n) is 23.7. The van der Waals surface area contributed by atoms with Crippen LogP contribution >= 0.6 is 0 Å². The molecule has 2 saturated heterocycles. The van der Waals surface area contributed by atoms with E-state index < -0.39 is 18.2 Å². The van der Waals surface area contributed by atoms with Gasteiger partial charge >= 0.3 is 6.03 Å². The number of nitrogens with one attached hydrogen (secondary N) is 1. The van der Waals surface area contributed by atoms with Gasteiger partial charge in [-0.1, -0.05) is 36.4 Å². The van der Waals surface area contributed by atoms with Gasteiger partial charge in [0.05, 0.1) is 26.3 Å². The molecule has 4 amide bonds. The van der Waals surface area contributed by atoms with Crippen LogP contribution in [0.2, 0.25) is 0 Å². The summed E-state index contributed by atoms with van der Waals surface area (Å²) in [5.74, 6) is -1.26. The minimum absolute atomic E-state index is 0.0499. The highest BCUT2D eigenvalue weighted by atomic mass is 19.1. The molecule has 0 spiro atoms. The number of hydrogen-bond donors (Lipinski definition) is 2. The predicted octanol–water partition coefficient (Wildman–Crippen LogP) is 2.87. The van der Waals surface area contributed by atoms with E-state index in [1.54, 1.807) is 48.3 Å². The average Bonchev–Trinajstić information content (AvgIpc) is 2.98. The Balaban J connectivity index is 1.35. The van der Waals surface area contributed by atoms with E-state index in [4.69, 9.17) is 4.74 Å². The first-order valence-electron chi connectivity index (χ1n) is 13.9. The highest BCUT2D eigenvalue weighted by molar-refractivity contribution is 5.91. The number of rotatable bonds is 9. The summed E-state index contributed by atoms with van der Waals surface area (Å²) in [6.07, 6.45) is -0.626. The lowest BCUT2D eigenvalue weighted by molar-refractivity contribution is -0.187. The van der Waals surface area contributed by atoms with Gasteiger partial charge in [0.2, 0.25) is 11.8 Å². The SMILES string of the molecule is CN1CC(=O)N2[C@@H](Cc3ccc(O)cc3)C(=O)N(CCOCc3cccc(F)c3)C[C@@H]2N1C(=O)NCc1ccc(F)cc1. The summed E-state index contributed by atoms with van der Waals surface area (Å²) in [5.41, 5.74) is 2.09. The van der Waals surface area contributed by atoms with Crippen molar-refractivity contribution in [3.63, 3.8) is 0 Å². The lowest BCUT2D eigenvalue weighted by Gasteiger charge is -2.54. The molecule has 2 atom stereocenters. The number of nitrogens with zero attached hydrogens (tertiary/aromatic N) is 4. The maximum Gasteiger partial charge on any atom is 0.334 e. The molecule has 2 aliphatic heterocycles. The Labute approximate surface area is 248 Å². The fraction of sp³-hybridized carbons (Fsp3) is 0.323. The normalized spacial score (nSPS) is 19.0. The Bertz CT molecular complexity index is 1460. The molecule has 0 radical (unpaired) electrons. The van der Waals surface area contributed by atoms with Crippen LogP contribution in [0.5, 0.6) is 5.75 Å². The van der Waals surface area contributed by atoms with Crippen LogP contribution in [-0.2, 0) is 33.9 Å². The number of fused-ring (bicyclic) bond motifs is 1. The first-order valence-corrected chi connectivity index (χ1v) is 13.9. The minimum Gasteiger partial charge on any atom is -0.508 e. The first-order chi connectivity index (χ1) is 20.7. The van der Waals surface area contributed by atoms with E-state index in [9.17, 15) is 28.3 Å². The zero-order chi connectivity index (χ0) is 30.5. The maximum atomic E-state index is 13.8. The zero-order valence-corrected chi connectivity index (χ0v) is 23.7. The molecule has 3 aromatic rings. The number of benzene rings is 3. The van der Waals surface area contributed by atoms with Crippen LogP contribution in [-0.4, -0.2) is 88.3 Å². The summed E-state index contributed by atoms with van der Waals surface area (Å²) in [5, 5.41) is 15.5. The quantitative estimate of drug-likeness (QED) is 0.370. The number of hydrazine groups is 1. The van der Waals surface area contributed by atoms with Gasteiger partial charge in [-0.05, 0) is 53.1 Å². The summed E-state index contributed by atoms with van der Waals surface area (Å²) >= 11 is 0. The molecule has 43 heavy (non-hydrogen) atoms. The van der Waals surface area contributed by atoms with E-state index in [2.05, 4.69) is 5.32 Å². The summed E-state index contributed by atoms with van der Waals surface area (Å²) in [7, 11) is 1.63. The van der Waals surface area contributed by atoms with Gasteiger partial charge in [-0.3, -0.25) is 9.59 Å². The van der Waals surface area contributed by atoms with E-state index >= 15 is 0 Å². The second-order valence-corrected chi connectivity index (χ2v) is 10.6. The maximum absolute atomic E-state index is 13.8. The smallest absolute Gasteiger partial charge is 0.334 e. The Morgan fingerprint density at radius 3 is 2.42 bits per heavy atom. The molecule has 0 aromatic heterocycles. The van der Waals surface area contributed by atoms with Crippen molar-refractivity contribution >= 4 is 17.8 Å². The van der Waals surface area contributed by atoms with Crippen LogP contribution in [0.3, 0.4) is 0 Å². The Morgan fingerprint density at radius 1 is 0.977 bits per heavy atom. The third-order valence-corrected chi connectivity index (χ3v) is 7.53. The molecule has 226 valence electrons. The predicted molar refractivity (Wildman–Crippen MR) is 152 cm³/mol. The number of aromatic hydroxyl groups is 1. The fourth-order valence-electron chi connectivity index (χ4n) is 5.41. The average molecular weight is 594 g/mol. The van der Waals surface area contributed by atoms with Gasteiger partial charge in [-0.2, -0.15) is 0 Å². The molecule has 0 unspecified atom stereocenters. The standard InChI is InChI=1S/C31H33F2N5O5/c1-35-19-29(40)37-27(16-21-7-11-26(39)12-8-21)30(41)36(13-14-43-20-23-3-2-4-25(33)15-23)18-28(37)38(35)31(42)34-17-22-5-9-24(32)10-6-22/h2-12,15,27-28,39H,13-14,16-20H2,1H3,(H,34,42)/t27-,28-/m0/s1. The van der Waals surface area contributed by atoms with Crippen molar-refractivity contribution in [2.24, 2.45) is 0 Å². The molecule has 12 heteroatoms. The van der Waals surface area contributed by atoms with Crippen molar-refractivity contribution in [2.75, 3.05) is 33.3 Å². The summed E-state index contributed by atoms with van der Waals surface area (Å²) < 4.78 is 32.6. The van der Waals surface area contributed by atoms with E-state index in [0.29, 0.717) is 11.1 Å². The number of likely N-dealkylation sites (N-methyl/N-ethyl adjacent to an activating group) is 1. The largest absolute Gasteiger partial charge is 0.508 e. The van der Waals surface area contributed by atoms with Crippen molar-refractivity contribution in [3.05, 3.63) is 101 Å². The number of amides is 4. The van der Waals surface area contributed by atoms with Crippen molar-refractivity contribution in [3.8, 4) is 5.75 Å². The number of phenolic OH excluding ortho intramolecular Hbond substituents is 1. The third-order valence-electron chi connectivity index (χ3n) is 7.53. The van der Waals surface area contributed by atoms with E-state index in [0.717, 1.165) is 5.56 Å². The molecule has 10 nitrogen and oxygen atoms in total. The van der Waals surface area contributed by atoms with Gasteiger partial charge in [-0.15, -0.1) is 0 Å². The van der Waals surface area contributed by atoms with Crippen LogP contribution in [0.15, 0.2) is 72.8 Å². The highest BCUT2D eigenvalue weighted by Crippen LogP contribution is 2.28. The van der Waals surface area contributed by atoms with Gasteiger partial charge in [-0.25, -0.2) is 23.6 Å². The molecule has 3 aromatic carbocycles. The van der Waals surface area contributed by atoms with Gasteiger partial charge in [0.15, 0.2) is 0 Å². The molecular weight excluding hydrogens is 560 g/mol.